The molecule has 10 aliphatic heterocycles. The number of likely N-dealkylation sites (tertiary alicyclic amines) is 3. The fraction of sp³-hybridized carbons (Fsp3) is 0.574. The van der Waals surface area contributed by atoms with E-state index in [4.69, 9.17) is 58.7 Å². The molecule has 0 bridgehead atoms. The number of ether oxygens (including phenoxy) is 6. The lowest BCUT2D eigenvalue weighted by Gasteiger charge is -2.38. The van der Waals surface area contributed by atoms with Crippen LogP contribution < -0.4 is 43.6 Å². The molecule has 6 aromatic heterocycles. The van der Waals surface area contributed by atoms with E-state index in [9.17, 15) is 19.2 Å². The lowest BCUT2D eigenvalue weighted by molar-refractivity contribution is -0.152. The number of hydrogen-bond acceptors (Lipinski definition) is 28. The Labute approximate surface area is 830 Å². The molecule has 3 aromatic carbocycles. The van der Waals surface area contributed by atoms with Crippen LogP contribution in [0, 0.1) is 41.5 Å². The topological polar surface area (TPSA) is 312 Å². The summed E-state index contributed by atoms with van der Waals surface area (Å²) >= 11 is 0. The van der Waals surface area contributed by atoms with Gasteiger partial charge in [0.15, 0.2) is 6.23 Å². The Hall–Kier alpha value is -10.5. The molecule has 7 saturated heterocycles. The van der Waals surface area contributed by atoms with Crippen LogP contribution in [0.15, 0.2) is 74.8 Å². The van der Waals surface area contributed by atoms with E-state index in [1.54, 1.807) is 4.90 Å². The van der Waals surface area contributed by atoms with Crippen LogP contribution in [0.3, 0.4) is 0 Å². The molecule has 0 aliphatic carbocycles. The number of esters is 2. The van der Waals surface area contributed by atoms with Crippen LogP contribution in [0.25, 0.3) is 32.7 Å². The number of nitrogens with zero attached hydrogens (tertiary/aromatic N) is 21. The number of piperidine rings is 1. The molecule has 4 atom stereocenters. The molecule has 1 unspecified atom stereocenters. The monoisotopic (exact) mass is 1940 g/mol. The Balaban J connectivity index is 0.000000200. The van der Waals surface area contributed by atoms with Gasteiger partial charge in [0.25, 0.3) is 0 Å². The summed E-state index contributed by atoms with van der Waals surface area (Å²) in [6.45, 7) is 46.8. The van der Waals surface area contributed by atoms with Crippen molar-refractivity contribution in [2.75, 3.05) is 182 Å². The minimum atomic E-state index is -0.764. The van der Waals surface area contributed by atoms with Gasteiger partial charge in [0.05, 0.1) is 88.9 Å². The highest BCUT2D eigenvalue weighted by atomic mass is 32.1. The Morgan fingerprint density at radius 2 is 0.839 bits per heavy atom. The zero-order valence-corrected chi connectivity index (χ0v) is 83.5. The second-order valence-electron chi connectivity index (χ2n) is 37.7. The minimum Gasteiger partial charge on any atom is -0.462 e. The van der Waals surface area contributed by atoms with Crippen LogP contribution in [0.1, 0.15) is 193 Å². The number of anilines is 6. The fourth-order valence-electron chi connectivity index (χ4n) is 20.2. The van der Waals surface area contributed by atoms with Crippen molar-refractivity contribution in [2.24, 2.45) is 0 Å². The number of H-pyrrole nitrogens is 2. The quantitative estimate of drug-likeness (QED) is 0.0431. The summed E-state index contributed by atoms with van der Waals surface area (Å²) in [5.74, 6) is 1.46. The van der Waals surface area contributed by atoms with Gasteiger partial charge >= 0.3 is 36.1 Å². The van der Waals surface area contributed by atoms with Crippen LogP contribution in [0.4, 0.5) is 39.3 Å². The SMILES string of the molecule is C.C.C.C=CC(=O)N1CCN(c2nc(OC[C@@H]3CCCN3C)nc3c2CCN(c2c(C)c(C)cc4[nH]ncc24)C3)CC1.C=CC(=O)OC(=O)C=C.Cc1cc2[nH]ncc2c(N2CCc3c(nc(OC[C@@H]4CCCN4C)nc3N3CCCCC3)C2)c1C.Cc1cc2c(cnn2C2CCCCO2)c(N2CCc3c(nc(OC[C@@H]4CCCN4C)nc3N3CCN(C(=O)OC(C)(C)C)CC3)C2)c1C.S.S.S. The van der Waals surface area contributed by atoms with Crippen molar-refractivity contribution in [1.82, 2.24) is 84.6 Å². The number of hydrogen-bond donors (Lipinski definition) is 2. The van der Waals surface area contributed by atoms with Crippen LogP contribution in [0.5, 0.6) is 18.0 Å². The first-order valence-corrected chi connectivity index (χ1v) is 47.3. The first-order chi connectivity index (χ1) is 63.3. The summed E-state index contributed by atoms with van der Waals surface area (Å²) in [7, 11) is 6.51. The molecule has 2 N–H and O–H groups in total. The summed E-state index contributed by atoms with van der Waals surface area (Å²) in [6.07, 6.45) is 25.5. The van der Waals surface area contributed by atoms with Crippen LogP contribution in [0.2, 0.25) is 0 Å². The first kappa shape index (κ1) is 109. The van der Waals surface area contributed by atoms with Crippen LogP contribution in [-0.4, -0.2) is 285 Å². The number of benzene rings is 3. The standard InChI is InChI=1S/C36H52N8O4.C29H38N8O2.C27H37N7O.C6H6O3.3CH4.3H2S/c1-24-20-30-28(21-37-44(30)31-11-7-8-19-46-31)32(25(24)2)43-14-12-27-29(22-43)38-34(47-23-26-10-9-13-40(26)6)39-33(27)41-15-17-42(18-16-41)35(45)48-36(3,4)5;1-5-26(38)35-11-13-36(14-12-35)28-22-8-10-37(27-20(3)19(2)15-24-23(27)16-30-33-24)17-25(22)31-29(32-28)39-18-21-7-6-9-34(21)4;1-18-14-23-22(15-28-31-23)25(19(18)2)34-13-9-21-24(16-34)29-27(35-17-20-8-7-10-32(20)3)30-26(21)33-11-5-4-6-12-33;1-3-5(7)9-6(8)4-2;;;;;;/h20-21,26,31H,7-19,22-23H2,1-6H3;5,15-16,21H,1,6-14,17-18H2,2-4H3,(H,30,33);14-15,20H,4-13,16-17H2,1-3H3,(H,28,31);3-4H,1-2H2;3*1H4;3*1H2/t26-,31?;21-;20-;;;;;;;/m000......./s1. The van der Waals surface area contributed by atoms with Gasteiger partial charge in [0.2, 0.25) is 5.91 Å². The highest BCUT2D eigenvalue weighted by molar-refractivity contribution is 7.59. The van der Waals surface area contributed by atoms with Crippen molar-refractivity contribution in [3.63, 3.8) is 0 Å². The number of rotatable bonds is 19. The van der Waals surface area contributed by atoms with Crippen molar-refractivity contribution in [3.05, 3.63) is 142 Å². The molecule has 0 radical (unpaired) electrons. The normalized spacial score (nSPS) is 19.4. The van der Waals surface area contributed by atoms with E-state index >= 15 is 0 Å². The maximum Gasteiger partial charge on any atom is 0.410 e. The molecule has 36 heteroatoms. The highest BCUT2D eigenvalue weighted by Gasteiger charge is 2.38. The number of carbonyl (C=O) groups is 4. The Morgan fingerprint density at radius 1 is 0.445 bits per heavy atom. The number of amides is 2. The predicted molar refractivity (Wildman–Crippen MR) is 561 cm³/mol. The van der Waals surface area contributed by atoms with E-state index in [2.05, 4.69) is 175 Å². The van der Waals surface area contributed by atoms with Gasteiger partial charge in [-0.05, 0) is 257 Å². The number of aromatic nitrogens is 12. The van der Waals surface area contributed by atoms with Crippen molar-refractivity contribution in [3.8, 4) is 18.0 Å². The molecule has 9 aromatic rings. The molecule has 137 heavy (non-hydrogen) atoms. The highest BCUT2D eigenvalue weighted by Crippen LogP contribution is 2.44. The van der Waals surface area contributed by atoms with E-state index in [1.165, 1.54) is 124 Å². The first-order valence-electron chi connectivity index (χ1n) is 47.3. The summed E-state index contributed by atoms with van der Waals surface area (Å²) in [6, 6.07) is 9.27. The maximum absolute atomic E-state index is 12.8. The Morgan fingerprint density at radius 3 is 1.21 bits per heavy atom. The van der Waals surface area contributed by atoms with Gasteiger partial charge in [-0.3, -0.25) is 15.0 Å². The van der Waals surface area contributed by atoms with Gasteiger partial charge in [-0.15, -0.1) is 0 Å². The summed E-state index contributed by atoms with van der Waals surface area (Å²) in [5.41, 5.74) is 20.9. The van der Waals surface area contributed by atoms with E-state index in [0.717, 1.165) is 204 Å². The number of fused-ring (bicyclic) bond motifs is 6. The van der Waals surface area contributed by atoms with E-state index in [1.807, 2.05) is 44.3 Å². The molecule has 2 amide bonds. The average Bonchev–Trinajstić information content (AvgIpc) is 1.67. The fourth-order valence-corrected chi connectivity index (χ4v) is 20.2. The van der Waals surface area contributed by atoms with Crippen LogP contribution in [-0.2, 0) is 67.5 Å². The summed E-state index contributed by atoms with van der Waals surface area (Å²) < 4.78 is 36.8. The van der Waals surface area contributed by atoms with Gasteiger partial charge in [-0.2, -0.15) is 85.7 Å². The van der Waals surface area contributed by atoms with Gasteiger partial charge in [-0.1, -0.05) is 42.0 Å². The molecule has 10 aliphatic rings. The van der Waals surface area contributed by atoms with Crippen molar-refractivity contribution in [1.29, 1.82) is 0 Å². The molecule has 0 spiro atoms. The molecule has 0 saturated carbocycles. The molecular weight excluding hydrogens is 1790 g/mol. The van der Waals surface area contributed by atoms with Gasteiger partial charge in [-0.25, -0.2) is 19.1 Å². The molecular formula is C101H151N23O10S3. The van der Waals surface area contributed by atoms with Crippen LogP contribution >= 0.6 is 40.5 Å². The minimum absolute atomic E-state index is 0. The number of likely N-dealkylation sites (N-methyl/N-ethyl adjacent to an activating group) is 3. The number of carbonyl (C=O) groups excluding carboxylic acids is 4. The maximum atomic E-state index is 12.8. The molecule has 7 fully saturated rings. The second kappa shape index (κ2) is 48.4. The van der Waals surface area contributed by atoms with Gasteiger partial charge < -0.3 is 82.3 Å². The lowest BCUT2D eigenvalue weighted by atomic mass is 9.99. The van der Waals surface area contributed by atoms with Gasteiger partial charge in [0, 0.05) is 155 Å². The third kappa shape index (κ3) is 24.9. The number of piperazine rings is 2. The number of nitrogens with one attached hydrogen (secondary N) is 2. The number of aromatic amines is 2. The van der Waals surface area contributed by atoms with Crippen molar-refractivity contribution >= 4 is 132 Å². The predicted octanol–water partition coefficient (Wildman–Crippen LogP) is 14.7. The van der Waals surface area contributed by atoms with Crippen molar-refractivity contribution < 1.29 is 47.6 Å². The number of aryl methyl sites for hydroxylation is 3. The second-order valence-corrected chi connectivity index (χ2v) is 37.7. The molecule has 19 rings (SSSR count). The molecule has 748 valence electrons. The Bertz CT molecular complexity index is 5640. The van der Waals surface area contributed by atoms with Gasteiger partial charge in [0.1, 0.15) is 42.9 Å². The van der Waals surface area contributed by atoms with E-state index < -0.39 is 17.5 Å². The molecule has 16 heterocycles. The average molecular weight is 1940 g/mol. The van der Waals surface area contributed by atoms with E-state index in [-0.39, 0.29) is 81.0 Å². The zero-order valence-electron chi connectivity index (χ0n) is 80.5. The zero-order chi connectivity index (χ0) is 91.9. The third-order valence-electron chi connectivity index (χ3n) is 28.0. The van der Waals surface area contributed by atoms with E-state index in [0.29, 0.717) is 108 Å². The third-order valence-corrected chi connectivity index (χ3v) is 28.0. The smallest absolute Gasteiger partial charge is 0.410 e. The van der Waals surface area contributed by atoms with Crippen molar-refractivity contribution in [2.45, 2.75) is 230 Å². The summed E-state index contributed by atoms with van der Waals surface area (Å²) in [4.78, 5) is 101. The largest absolute Gasteiger partial charge is 0.462 e. The lowest BCUT2D eigenvalue weighted by Crippen LogP contribution is -2.50. The summed E-state index contributed by atoms with van der Waals surface area (Å²) in [5, 5.41) is 23.3. The Kier molecular flexibility index (Phi) is 38.3. The molecule has 33 nitrogen and oxygen atoms in total.